The second-order valence-corrected chi connectivity index (χ2v) is 6.41. The van der Waals surface area contributed by atoms with Gasteiger partial charge in [0.2, 0.25) is 17.6 Å². The average molecular weight is 374 g/mol. The Bertz CT molecular complexity index is 974. The summed E-state index contributed by atoms with van der Waals surface area (Å²) in [5.41, 5.74) is 1.14. The highest BCUT2D eigenvalue weighted by molar-refractivity contribution is 6.30. The number of benzene rings is 2. The van der Waals surface area contributed by atoms with Gasteiger partial charge in [0.05, 0.1) is 10.9 Å². The number of phenols is 1. The first-order valence-electron chi connectivity index (χ1n) is 7.89. The summed E-state index contributed by atoms with van der Waals surface area (Å²) in [5, 5.41) is 13.3. The summed E-state index contributed by atoms with van der Waals surface area (Å²) < 4.78 is 19.0. The minimum atomic E-state index is -0.576. The molecule has 1 unspecified atom stereocenters. The molecule has 1 aliphatic rings. The van der Waals surface area contributed by atoms with Gasteiger partial charge >= 0.3 is 0 Å². The van der Waals surface area contributed by atoms with E-state index in [0.717, 1.165) is 0 Å². The molecule has 0 radical (unpaired) electrons. The highest BCUT2D eigenvalue weighted by Gasteiger charge is 2.35. The van der Waals surface area contributed by atoms with Crippen molar-refractivity contribution in [1.82, 2.24) is 10.1 Å². The Morgan fingerprint density at radius 3 is 2.73 bits per heavy atom. The van der Waals surface area contributed by atoms with Gasteiger partial charge in [0.15, 0.2) is 0 Å². The molecule has 1 aliphatic heterocycles. The second kappa shape index (κ2) is 6.42. The number of aromatic hydroxyl groups is 1. The van der Waals surface area contributed by atoms with E-state index in [2.05, 4.69) is 10.1 Å². The van der Waals surface area contributed by atoms with Crippen LogP contribution in [0.5, 0.6) is 5.75 Å². The summed E-state index contributed by atoms with van der Waals surface area (Å²) in [6.45, 7) is 0.317. The van der Waals surface area contributed by atoms with Crippen molar-refractivity contribution in [2.75, 3.05) is 11.4 Å². The second-order valence-electron chi connectivity index (χ2n) is 6.01. The molecule has 0 spiro atoms. The van der Waals surface area contributed by atoms with Gasteiger partial charge in [-0.05, 0) is 42.5 Å². The molecule has 6 nitrogen and oxygen atoms in total. The predicted molar refractivity (Wildman–Crippen MR) is 92.5 cm³/mol. The van der Waals surface area contributed by atoms with Crippen LogP contribution in [-0.4, -0.2) is 27.7 Å². The molecule has 1 amide bonds. The van der Waals surface area contributed by atoms with Crippen LogP contribution >= 0.6 is 11.6 Å². The van der Waals surface area contributed by atoms with Crippen LogP contribution in [0.3, 0.4) is 0 Å². The number of phenolic OH excluding ortho intramolecular Hbond substituents is 1. The Hall–Kier alpha value is -2.93. The van der Waals surface area contributed by atoms with Gasteiger partial charge < -0.3 is 14.5 Å². The van der Waals surface area contributed by atoms with Crippen molar-refractivity contribution in [1.29, 1.82) is 0 Å². The zero-order chi connectivity index (χ0) is 18.3. The molecule has 1 saturated heterocycles. The number of anilines is 1. The highest BCUT2D eigenvalue weighted by Crippen LogP contribution is 2.33. The molecular weight excluding hydrogens is 361 g/mol. The van der Waals surface area contributed by atoms with E-state index < -0.39 is 5.82 Å². The number of hydrogen-bond acceptors (Lipinski definition) is 5. The Labute approximate surface area is 152 Å². The molecule has 1 atom stereocenters. The minimum Gasteiger partial charge on any atom is -0.508 e. The first kappa shape index (κ1) is 16.5. The number of aromatic nitrogens is 2. The quantitative estimate of drug-likeness (QED) is 0.756. The molecule has 0 bridgehead atoms. The van der Waals surface area contributed by atoms with Crippen LogP contribution < -0.4 is 4.90 Å². The molecule has 3 aromatic rings. The van der Waals surface area contributed by atoms with Crippen molar-refractivity contribution in [2.45, 2.75) is 12.3 Å². The van der Waals surface area contributed by atoms with E-state index in [0.29, 0.717) is 29.5 Å². The van der Waals surface area contributed by atoms with Gasteiger partial charge in [0, 0.05) is 24.2 Å². The molecule has 2 heterocycles. The van der Waals surface area contributed by atoms with E-state index in [1.54, 1.807) is 18.2 Å². The van der Waals surface area contributed by atoms with Crippen molar-refractivity contribution >= 4 is 23.2 Å². The van der Waals surface area contributed by atoms with Crippen LogP contribution in [0.25, 0.3) is 11.4 Å². The van der Waals surface area contributed by atoms with Gasteiger partial charge in [-0.15, -0.1) is 0 Å². The van der Waals surface area contributed by atoms with E-state index in [1.807, 2.05) is 0 Å². The fourth-order valence-corrected chi connectivity index (χ4v) is 3.02. The molecule has 0 saturated carbocycles. The minimum absolute atomic E-state index is 0.00684. The number of rotatable bonds is 3. The van der Waals surface area contributed by atoms with Crippen molar-refractivity contribution < 1.29 is 18.8 Å². The smallest absolute Gasteiger partial charge is 0.232 e. The predicted octanol–water partition coefficient (Wildman–Crippen LogP) is 3.76. The SMILES string of the molecule is O=C1CC(c2nc(-c3ccc(O)cc3)no2)CN1c1ccc(Cl)c(F)c1. The third-order valence-corrected chi connectivity index (χ3v) is 4.56. The maximum atomic E-state index is 13.7. The third kappa shape index (κ3) is 3.01. The lowest BCUT2D eigenvalue weighted by molar-refractivity contribution is -0.117. The Morgan fingerprint density at radius 1 is 1.23 bits per heavy atom. The van der Waals surface area contributed by atoms with Crippen LogP contribution in [0.15, 0.2) is 47.0 Å². The van der Waals surface area contributed by atoms with Gasteiger partial charge in [-0.3, -0.25) is 4.79 Å². The third-order valence-electron chi connectivity index (χ3n) is 4.26. The fourth-order valence-electron chi connectivity index (χ4n) is 2.90. The molecule has 8 heteroatoms. The van der Waals surface area contributed by atoms with E-state index in [-0.39, 0.29) is 29.0 Å². The number of hydrogen-bond donors (Lipinski definition) is 1. The number of amides is 1. The number of carbonyl (C=O) groups excluding carboxylic acids is 1. The Balaban J connectivity index is 1.55. The lowest BCUT2D eigenvalue weighted by Crippen LogP contribution is -2.24. The molecule has 1 aromatic heterocycles. The van der Waals surface area contributed by atoms with Crippen LogP contribution in [0.2, 0.25) is 5.02 Å². The average Bonchev–Trinajstić information content (AvgIpc) is 3.25. The molecule has 1 fully saturated rings. The molecule has 26 heavy (non-hydrogen) atoms. The van der Waals surface area contributed by atoms with Gasteiger partial charge in [-0.25, -0.2) is 4.39 Å². The largest absolute Gasteiger partial charge is 0.508 e. The van der Waals surface area contributed by atoms with E-state index in [4.69, 9.17) is 16.1 Å². The van der Waals surface area contributed by atoms with Crippen molar-refractivity contribution in [2.24, 2.45) is 0 Å². The summed E-state index contributed by atoms with van der Waals surface area (Å²) in [6, 6.07) is 10.7. The standard InChI is InChI=1S/C18H13ClFN3O3/c19-14-6-3-12(8-15(14)20)23-9-11(7-16(23)25)18-21-17(22-26-18)10-1-4-13(24)5-2-10/h1-6,8,11,24H,7,9H2. The topological polar surface area (TPSA) is 79.5 Å². The lowest BCUT2D eigenvalue weighted by atomic mass is 10.1. The van der Waals surface area contributed by atoms with E-state index in [9.17, 15) is 14.3 Å². The molecule has 4 rings (SSSR count). The van der Waals surface area contributed by atoms with Gasteiger partial charge in [-0.2, -0.15) is 4.98 Å². The summed E-state index contributed by atoms with van der Waals surface area (Å²) in [7, 11) is 0. The summed E-state index contributed by atoms with van der Waals surface area (Å²) in [6.07, 6.45) is 0.196. The number of halogens is 2. The first-order valence-corrected chi connectivity index (χ1v) is 8.27. The van der Waals surface area contributed by atoms with Crippen molar-refractivity contribution in [3.8, 4) is 17.1 Å². The summed E-state index contributed by atoms with van der Waals surface area (Å²) in [4.78, 5) is 18.2. The molecule has 1 N–H and O–H groups in total. The van der Waals surface area contributed by atoms with Crippen LogP contribution in [0.4, 0.5) is 10.1 Å². The molecule has 0 aliphatic carbocycles. The highest BCUT2D eigenvalue weighted by atomic mass is 35.5. The summed E-state index contributed by atoms with van der Waals surface area (Å²) >= 11 is 5.69. The van der Waals surface area contributed by atoms with Gasteiger partial charge in [-0.1, -0.05) is 16.8 Å². The lowest BCUT2D eigenvalue weighted by Gasteiger charge is -2.16. The summed E-state index contributed by atoms with van der Waals surface area (Å²) in [5.74, 6) is -0.139. The van der Waals surface area contributed by atoms with Crippen molar-refractivity contribution in [3.05, 3.63) is 59.2 Å². The molecule has 2 aromatic carbocycles. The molecular formula is C18H13ClFN3O3. The van der Waals surface area contributed by atoms with Crippen LogP contribution in [0.1, 0.15) is 18.2 Å². The van der Waals surface area contributed by atoms with Gasteiger partial charge in [0.25, 0.3) is 0 Å². The van der Waals surface area contributed by atoms with Crippen molar-refractivity contribution in [3.63, 3.8) is 0 Å². The zero-order valence-corrected chi connectivity index (χ0v) is 14.2. The van der Waals surface area contributed by atoms with Crippen LogP contribution in [0, 0.1) is 5.82 Å². The maximum Gasteiger partial charge on any atom is 0.232 e. The number of nitrogens with zero attached hydrogens (tertiary/aromatic N) is 3. The van der Waals surface area contributed by atoms with E-state index >= 15 is 0 Å². The van der Waals surface area contributed by atoms with Gasteiger partial charge in [0.1, 0.15) is 11.6 Å². The first-order chi connectivity index (χ1) is 12.5. The van der Waals surface area contributed by atoms with E-state index in [1.165, 1.54) is 29.2 Å². The molecule has 132 valence electrons. The normalized spacial score (nSPS) is 17.1. The van der Waals surface area contributed by atoms with Crippen LogP contribution in [-0.2, 0) is 4.79 Å². The monoisotopic (exact) mass is 373 g/mol. The maximum absolute atomic E-state index is 13.7. The number of carbonyl (C=O) groups is 1. The zero-order valence-electron chi connectivity index (χ0n) is 13.4. The Morgan fingerprint density at radius 2 is 2.00 bits per heavy atom. The fraction of sp³-hybridized carbons (Fsp3) is 0.167. The Kier molecular flexibility index (Phi) is 4.08.